The van der Waals surface area contributed by atoms with Gasteiger partial charge in [0.15, 0.2) is 10.4 Å². The van der Waals surface area contributed by atoms with E-state index in [9.17, 15) is 13.2 Å². The molecule has 1 aliphatic heterocycles. The molecular formula is C21H22N4O4S3. The number of carbonyl (C=O) groups is 1. The summed E-state index contributed by atoms with van der Waals surface area (Å²) in [6.07, 6.45) is -1.05. The number of ether oxygens (including phenoxy) is 1. The summed E-state index contributed by atoms with van der Waals surface area (Å²) < 4.78 is 34.6. The average molecular weight is 491 g/mol. The minimum absolute atomic E-state index is 0.151. The lowest BCUT2D eigenvalue weighted by atomic mass is 10.2. The highest BCUT2D eigenvalue weighted by Gasteiger charge is 2.37. The van der Waals surface area contributed by atoms with E-state index in [4.69, 9.17) is 4.74 Å². The number of anilines is 2. The molecule has 1 atom stereocenters. The number of aryl methyl sites for hydroxylation is 1. The second kappa shape index (κ2) is 9.08. The number of carbonyl (C=O) groups excluding carboxylic acids is 1. The number of nitrogens with one attached hydrogen (secondary N) is 1. The van der Waals surface area contributed by atoms with Crippen LogP contribution >= 0.6 is 23.1 Å². The molecule has 1 aromatic heterocycles. The van der Waals surface area contributed by atoms with E-state index in [2.05, 4.69) is 15.5 Å². The van der Waals surface area contributed by atoms with E-state index in [0.29, 0.717) is 21.8 Å². The van der Waals surface area contributed by atoms with Crippen molar-refractivity contribution in [2.75, 3.05) is 16.2 Å². The van der Waals surface area contributed by atoms with Crippen LogP contribution in [0, 0.1) is 6.92 Å². The molecule has 4 rings (SSSR count). The monoisotopic (exact) mass is 490 g/mol. The number of para-hydroxylation sites is 2. The van der Waals surface area contributed by atoms with Crippen molar-refractivity contribution in [3.63, 3.8) is 0 Å². The summed E-state index contributed by atoms with van der Waals surface area (Å²) in [5, 5.41) is 11.4. The Hall–Kier alpha value is -2.63. The van der Waals surface area contributed by atoms with Gasteiger partial charge in [-0.15, -0.1) is 10.2 Å². The number of hydrogen-bond donors (Lipinski definition) is 1. The van der Waals surface area contributed by atoms with Crippen molar-refractivity contribution >= 4 is 49.8 Å². The number of thioether (sulfide) groups is 1. The lowest BCUT2D eigenvalue weighted by Crippen LogP contribution is -2.48. The summed E-state index contributed by atoms with van der Waals surface area (Å²) in [5.74, 6) is -0.163. The Labute approximate surface area is 195 Å². The van der Waals surface area contributed by atoms with Gasteiger partial charge < -0.3 is 4.74 Å². The number of nitrogens with zero attached hydrogens (tertiary/aromatic N) is 3. The largest absolute Gasteiger partial charge is 0.476 e. The van der Waals surface area contributed by atoms with Gasteiger partial charge in [0.1, 0.15) is 5.75 Å². The molecule has 2 heterocycles. The number of fused-ring (bicyclic) bond motifs is 1. The number of benzene rings is 2. The molecular weight excluding hydrogens is 468 g/mol. The predicted molar refractivity (Wildman–Crippen MR) is 126 cm³/mol. The van der Waals surface area contributed by atoms with E-state index >= 15 is 0 Å². The normalized spacial score (nSPS) is 15.9. The van der Waals surface area contributed by atoms with Gasteiger partial charge in [-0.3, -0.25) is 14.4 Å². The molecule has 11 heteroatoms. The predicted octanol–water partition coefficient (Wildman–Crippen LogP) is 3.94. The molecule has 8 nitrogen and oxygen atoms in total. The van der Waals surface area contributed by atoms with Crippen LogP contribution < -0.4 is 14.4 Å². The molecule has 0 saturated heterocycles. The lowest BCUT2D eigenvalue weighted by Gasteiger charge is -2.34. The molecule has 0 radical (unpaired) electrons. The van der Waals surface area contributed by atoms with E-state index in [1.807, 2.05) is 20.8 Å². The molecule has 0 aliphatic carbocycles. The van der Waals surface area contributed by atoms with Gasteiger partial charge in [0.2, 0.25) is 5.13 Å². The van der Waals surface area contributed by atoms with E-state index in [0.717, 1.165) is 9.90 Å². The molecule has 32 heavy (non-hydrogen) atoms. The topological polar surface area (TPSA) is 101 Å². The number of rotatable bonds is 6. The molecule has 0 saturated carbocycles. The number of aromatic nitrogens is 2. The molecule has 0 unspecified atom stereocenters. The molecule has 0 spiro atoms. The summed E-state index contributed by atoms with van der Waals surface area (Å²) in [6.45, 7) is 5.81. The molecule has 2 aromatic carbocycles. The van der Waals surface area contributed by atoms with E-state index in [1.165, 1.54) is 15.6 Å². The third-order valence-electron chi connectivity index (χ3n) is 4.61. The van der Waals surface area contributed by atoms with Crippen molar-refractivity contribution < 1.29 is 17.9 Å². The van der Waals surface area contributed by atoms with Crippen LogP contribution in [0.1, 0.15) is 19.4 Å². The smallest absolute Gasteiger partial charge is 0.269 e. The Morgan fingerprint density at radius 3 is 2.62 bits per heavy atom. The second-order valence-corrected chi connectivity index (χ2v) is 12.1. The van der Waals surface area contributed by atoms with Gasteiger partial charge in [-0.05, 0) is 31.2 Å². The first-order valence-electron chi connectivity index (χ1n) is 9.90. The van der Waals surface area contributed by atoms with Crippen molar-refractivity contribution in [3.05, 3.63) is 54.1 Å². The number of hydrogen-bond acceptors (Lipinski definition) is 8. The Morgan fingerprint density at radius 2 is 1.91 bits per heavy atom. The maximum absolute atomic E-state index is 13.4. The summed E-state index contributed by atoms with van der Waals surface area (Å²) in [6, 6.07) is 13.4. The van der Waals surface area contributed by atoms with Gasteiger partial charge in [-0.2, -0.15) is 0 Å². The molecule has 1 amide bonds. The standard InChI is InChI=1S/C21H22N4O4S3/c1-13(2)30-21-24-23-20(31-21)22-19(26)18-12-25(16-6-4-5-7-17(16)29-18)32(27,28)15-10-8-14(3)9-11-15/h4-11,13,18H,12H2,1-3H3,(H,22,23,26)/t18-/m0/s1. The molecule has 3 aromatic rings. The van der Waals surface area contributed by atoms with Gasteiger partial charge >= 0.3 is 0 Å². The van der Waals surface area contributed by atoms with Gasteiger partial charge in [-0.25, -0.2) is 8.42 Å². The first-order chi connectivity index (χ1) is 15.2. The summed E-state index contributed by atoms with van der Waals surface area (Å²) in [5.41, 5.74) is 1.35. The summed E-state index contributed by atoms with van der Waals surface area (Å²) in [4.78, 5) is 13.1. The SMILES string of the molecule is Cc1ccc(S(=O)(=O)N2C[C@@H](C(=O)Nc3nnc(SC(C)C)s3)Oc3ccccc32)cc1. The molecule has 1 N–H and O–H groups in total. The zero-order valence-electron chi connectivity index (χ0n) is 17.7. The maximum Gasteiger partial charge on any atom is 0.269 e. The Morgan fingerprint density at radius 1 is 1.19 bits per heavy atom. The third-order valence-corrected chi connectivity index (χ3v) is 8.33. The zero-order chi connectivity index (χ0) is 22.9. The molecule has 0 bridgehead atoms. The van der Waals surface area contributed by atoms with Crippen LogP contribution in [0.25, 0.3) is 0 Å². The van der Waals surface area contributed by atoms with Crippen LogP contribution in [-0.4, -0.2) is 42.4 Å². The Bertz CT molecular complexity index is 1230. The van der Waals surface area contributed by atoms with Crippen molar-refractivity contribution in [1.29, 1.82) is 0 Å². The lowest BCUT2D eigenvalue weighted by molar-refractivity contribution is -0.122. The van der Waals surface area contributed by atoms with Gasteiger partial charge in [0.05, 0.1) is 17.1 Å². The zero-order valence-corrected chi connectivity index (χ0v) is 20.1. The van der Waals surface area contributed by atoms with Gasteiger partial charge in [-0.1, -0.05) is 66.8 Å². The van der Waals surface area contributed by atoms with Crippen molar-refractivity contribution in [3.8, 4) is 5.75 Å². The maximum atomic E-state index is 13.4. The van der Waals surface area contributed by atoms with E-state index < -0.39 is 22.0 Å². The van der Waals surface area contributed by atoms with Crippen LogP contribution in [0.3, 0.4) is 0 Å². The van der Waals surface area contributed by atoms with Crippen LogP contribution in [0.15, 0.2) is 57.8 Å². The molecule has 1 aliphatic rings. The fourth-order valence-corrected chi connectivity index (χ4v) is 6.55. The van der Waals surface area contributed by atoms with Crippen molar-refractivity contribution in [2.24, 2.45) is 0 Å². The fourth-order valence-electron chi connectivity index (χ4n) is 3.10. The quantitative estimate of drug-likeness (QED) is 0.412. The third kappa shape index (κ3) is 4.74. The highest BCUT2D eigenvalue weighted by Crippen LogP contribution is 2.37. The van der Waals surface area contributed by atoms with Crippen LogP contribution in [0.5, 0.6) is 5.75 Å². The average Bonchev–Trinajstić information content (AvgIpc) is 3.19. The number of amides is 1. The Balaban J connectivity index is 1.60. The van der Waals surface area contributed by atoms with E-state index in [1.54, 1.807) is 60.3 Å². The van der Waals surface area contributed by atoms with Crippen LogP contribution in [0.2, 0.25) is 0 Å². The van der Waals surface area contributed by atoms with Gasteiger partial charge in [0.25, 0.3) is 15.9 Å². The fraction of sp³-hybridized carbons (Fsp3) is 0.286. The molecule has 168 valence electrons. The van der Waals surface area contributed by atoms with Crippen LogP contribution in [0.4, 0.5) is 10.8 Å². The van der Waals surface area contributed by atoms with Crippen LogP contribution in [-0.2, 0) is 14.8 Å². The van der Waals surface area contributed by atoms with Crippen molar-refractivity contribution in [2.45, 2.75) is 41.4 Å². The summed E-state index contributed by atoms with van der Waals surface area (Å²) >= 11 is 2.81. The van der Waals surface area contributed by atoms with E-state index in [-0.39, 0.29) is 11.4 Å². The van der Waals surface area contributed by atoms with Gasteiger partial charge in [0, 0.05) is 5.25 Å². The Kier molecular flexibility index (Phi) is 6.40. The first-order valence-corrected chi connectivity index (χ1v) is 13.0. The van der Waals surface area contributed by atoms with Crippen molar-refractivity contribution in [1.82, 2.24) is 10.2 Å². The minimum Gasteiger partial charge on any atom is -0.476 e. The number of sulfonamides is 1. The minimum atomic E-state index is -3.90. The highest BCUT2D eigenvalue weighted by molar-refractivity contribution is 8.01. The highest BCUT2D eigenvalue weighted by atomic mass is 32.2. The first kappa shape index (κ1) is 22.6. The second-order valence-electron chi connectivity index (χ2n) is 7.45. The molecule has 0 fully saturated rings. The summed E-state index contributed by atoms with van der Waals surface area (Å²) in [7, 11) is -3.90.